The van der Waals surface area contributed by atoms with Crippen LogP contribution in [0.2, 0.25) is 0 Å². The third-order valence-corrected chi connectivity index (χ3v) is 3.37. The molecule has 3 rings (SSSR count). The number of H-pyrrole nitrogens is 1. The quantitative estimate of drug-likeness (QED) is 0.435. The molecule has 0 unspecified atom stereocenters. The van der Waals surface area contributed by atoms with Crippen LogP contribution < -0.4 is 0 Å². The number of nitro benzene ring substituents is 1. The monoisotopic (exact) mass is 321 g/mol. The first kappa shape index (κ1) is 15.2. The van der Waals surface area contributed by atoms with Gasteiger partial charge in [-0.3, -0.25) is 10.1 Å². The van der Waals surface area contributed by atoms with Gasteiger partial charge in [0.05, 0.1) is 16.0 Å². The van der Waals surface area contributed by atoms with Crippen molar-refractivity contribution in [2.24, 2.45) is 4.99 Å². The number of nitriles is 1. The van der Waals surface area contributed by atoms with Gasteiger partial charge in [-0.25, -0.2) is 9.98 Å². The van der Waals surface area contributed by atoms with Crippen molar-refractivity contribution in [1.29, 1.82) is 5.26 Å². The summed E-state index contributed by atoms with van der Waals surface area (Å²) >= 11 is 0. The van der Waals surface area contributed by atoms with E-state index >= 15 is 0 Å². The van der Waals surface area contributed by atoms with Gasteiger partial charge in [-0.05, 0) is 30.7 Å². The van der Waals surface area contributed by atoms with Gasteiger partial charge >= 0.3 is 0 Å². The van der Waals surface area contributed by atoms with E-state index in [0.717, 1.165) is 29.3 Å². The van der Waals surface area contributed by atoms with Gasteiger partial charge in [-0.15, -0.1) is 0 Å². The van der Waals surface area contributed by atoms with Gasteiger partial charge in [0.2, 0.25) is 0 Å². The molecule has 8 heteroatoms. The number of aromatic hydroxyl groups is 1. The van der Waals surface area contributed by atoms with Crippen molar-refractivity contribution in [1.82, 2.24) is 9.97 Å². The average Bonchev–Trinajstić information content (AvgIpc) is 2.96. The zero-order valence-electron chi connectivity index (χ0n) is 12.5. The highest BCUT2D eigenvalue weighted by Crippen LogP contribution is 2.31. The van der Waals surface area contributed by atoms with Gasteiger partial charge in [0.25, 0.3) is 5.69 Å². The Bertz CT molecular complexity index is 1030. The number of hydrogen-bond acceptors (Lipinski definition) is 6. The van der Waals surface area contributed by atoms with Crippen LogP contribution in [0.4, 0.5) is 11.4 Å². The number of nitrogens with one attached hydrogen (secondary N) is 1. The number of aromatic amines is 1. The predicted octanol–water partition coefficient (Wildman–Crippen LogP) is 3.13. The molecule has 8 nitrogen and oxygen atoms in total. The smallest absolute Gasteiger partial charge is 0.271 e. The Balaban J connectivity index is 2.10. The van der Waals surface area contributed by atoms with Crippen LogP contribution in [-0.2, 0) is 0 Å². The molecule has 0 aliphatic rings. The number of phenols is 1. The molecule has 3 aromatic rings. The summed E-state index contributed by atoms with van der Waals surface area (Å²) in [4.78, 5) is 21.5. The lowest BCUT2D eigenvalue weighted by Gasteiger charge is -1.99. The molecular weight excluding hydrogens is 310 g/mol. The van der Waals surface area contributed by atoms with Crippen LogP contribution in [0.15, 0.2) is 41.4 Å². The Hall–Kier alpha value is -3.73. The Morgan fingerprint density at radius 1 is 1.38 bits per heavy atom. The van der Waals surface area contributed by atoms with E-state index in [-0.39, 0.29) is 28.7 Å². The minimum Gasteiger partial charge on any atom is -0.506 e. The molecule has 1 aromatic heterocycles. The van der Waals surface area contributed by atoms with E-state index in [1.165, 1.54) is 0 Å². The molecule has 0 aliphatic heterocycles. The van der Waals surface area contributed by atoms with E-state index in [1.807, 2.05) is 31.2 Å². The molecule has 0 radical (unpaired) electrons. The van der Waals surface area contributed by atoms with E-state index in [0.29, 0.717) is 5.52 Å². The highest BCUT2D eigenvalue weighted by atomic mass is 16.6. The zero-order valence-corrected chi connectivity index (χ0v) is 12.5. The van der Waals surface area contributed by atoms with Crippen molar-refractivity contribution in [2.45, 2.75) is 6.92 Å². The van der Waals surface area contributed by atoms with Crippen LogP contribution in [-0.4, -0.2) is 25.7 Å². The van der Waals surface area contributed by atoms with Crippen LogP contribution in [0, 0.1) is 28.4 Å². The molecule has 2 N–H and O–H groups in total. The molecule has 0 saturated carbocycles. The number of nitrogens with zero attached hydrogens (tertiary/aromatic N) is 4. The number of nitro groups is 1. The summed E-state index contributed by atoms with van der Waals surface area (Å²) in [5.74, 6) is -0.0377. The molecule has 1 heterocycles. The maximum atomic E-state index is 10.8. The van der Waals surface area contributed by atoms with E-state index in [4.69, 9.17) is 0 Å². The lowest BCUT2D eigenvalue weighted by Crippen LogP contribution is -1.99. The number of fused-ring (bicyclic) bond motifs is 1. The predicted molar refractivity (Wildman–Crippen MR) is 87.4 cm³/mol. The van der Waals surface area contributed by atoms with E-state index in [1.54, 1.807) is 0 Å². The van der Waals surface area contributed by atoms with Crippen LogP contribution >= 0.6 is 0 Å². The third kappa shape index (κ3) is 2.78. The maximum absolute atomic E-state index is 10.8. The summed E-state index contributed by atoms with van der Waals surface area (Å²) in [6, 6.07) is 10.9. The topological polar surface area (TPSA) is 128 Å². The van der Waals surface area contributed by atoms with Gasteiger partial charge in [-0.1, -0.05) is 6.07 Å². The second kappa shape index (κ2) is 5.81. The second-order valence-corrected chi connectivity index (χ2v) is 5.11. The van der Waals surface area contributed by atoms with Crippen LogP contribution in [0.25, 0.3) is 11.0 Å². The minimum absolute atomic E-state index is 0.0719. The first-order chi connectivity index (χ1) is 11.5. The maximum Gasteiger partial charge on any atom is 0.271 e. The van der Waals surface area contributed by atoms with Gasteiger partial charge < -0.3 is 10.1 Å². The van der Waals surface area contributed by atoms with E-state index in [2.05, 4.69) is 15.0 Å². The zero-order chi connectivity index (χ0) is 17.3. The SMILES string of the molecule is Cc1ccc2nc(C(C#N)=Nc3cc([N+](=O)[O-])ccc3O)[nH]c2c1. The summed E-state index contributed by atoms with van der Waals surface area (Å²) in [5, 5.41) is 30.0. The number of benzene rings is 2. The van der Waals surface area contributed by atoms with Crippen molar-refractivity contribution >= 4 is 28.1 Å². The van der Waals surface area contributed by atoms with Crippen molar-refractivity contribution < 1.29 is 10.0 Å². The molecule has 0 aliphatic carbocycles. The Morgan fingerprint density at radius 2 is 2.17 bits per heavy atom. The summed E-state index contributed by atoms with van der Waals surface area (Å²) in [6.45, 7) is 1.93. The van der Waals surface area contributed by atoms with Gasteiger partial charge in [0.15, 0.2) is 11.5 Å². The molecular formula is C16H11N5O3. The molecule has 2 aromatic carbocycles. The highest BCUT2D eigenvalue weighted by molar-refractivity contribution is 6.11. The number of rotatable bonds is 3. The Labute approximate surface area is 135 Å². The van der Waals surface area contributed by atoms with Crippen LogP contribution in [0.3, 0.4) is 0 Å². The lowest BCUT2D eigenvalue weighted by atomic mass is 10.2. The van der Waals surface area contributed by atoms with Gasteiger partial charge in [0.1, 0.15) is 17.5 Å². The molecule has 0 spiro atoms. The number of aromatic nitrogens is 2. The highest BCUT2D eigenvalue weighted by Gasteiger charge is 2.14. The van der Waals surface area contributed by atoms with E-state index < -0.39 is 4.92 Å². The van der Waals surface area contributed by atoms with Gasteiger partial charge in [0, 0.05) is 12.1 Å². The van der Waals surface area contributed by atoms with Crippen molar-refractivity contribution in [2.75, 3.05) is 0 Å². The number of hydrogen-bond donors (Lipinski definition) is 2. The summed E-state index contributed by atoms with van der Waals surface area (Å²) < 4.78 is 0. The number of phenolic OH excluding ortho intramolecular Hbond substituents is 1. The Morgan fingerprint density at radius 3 is 2.88 bits per heavy atom. The second-order valence-electron chi connectivity index (χ2n) is 5.11. The van der Waals surface area contributed by atoms with E-state index in [9.17, 15) is 20.5 Å². The molecule has 0 fully saturated rings. The normalized spacial score (nSPS) is 11.4. The first-order valence-corrected chi connectivity index (χ1v) is 6.91. The fraction of sp³-hybridized carbons (Fsp3) is 0.0625. The average molecular weight is 321 g/mol. The molecule has 24 heavy (non-hydrogen) atoms. The first-order valence-electron chi connectivity index (χ1n) is 6.91. The number of imidazole rings is 1. The Kier molecular flexibility index (Phi) is 3.67. The number of aryl methyl sites for hydroxylation is 1. The molecule has 0 amide bonds. The van der Waals surface area contributed by atoms with Crippen molar-refractivity contribution in [3.05, 3.63) is 57.9 Å². The third-order valence-electron chi connectivity index (χ3n) is 3.37. The summed E-state index contributed by atoms with van der Waals surface area (Å²) in [5.41, 5.74) is 2.06. The molecule has 118 valence electrons. The molecule has 0 saturated heterocycles. The van der Waals surface area contributed by atoms with Crippen molar-refractivity contribution in [3.8, 4) is 11.8 Å². The summed E-state index contributed by atoms with van der Waals surface area (Å²) in [6.07, 6.45) is 0. The fourth-order valence-corrected chi connectivity index (χ4v) is 2.20. The lowest BCUT2D eigenvalue weighted by molar-refractivity contribution is -0.384. The number of non-ortho nitro benzene ring substituents is 1. The standard InChI is InChI=1S/C16H11N5O3/c1-9-2-4-11-12(6-9)20-16(19-11)14(8-17)18-13-7-10(21(23)24)3-5-15(13)22/h2-7,22H,1H3,(H,19,20). The minimum atomic E-state index is -0.603. The summed E-state index contributed by atoms with van der Waals surface area (Å²) in [7, 11) is 0. The molecule has 0 atom stereocenters. The fourth-order valence-electron chi connectivity index (χ4n) is 2.20. The van der Waals surface area contributed by atoms with Gasteiger partial charge in [-0.2, -0.15) is 5.26 Å². The van der Waals surface area contributed by atoms with Crippen molar-refractivity contribution in [3.63, 3.8) is 0 Å². The number of aliphatic imine (C=N–C) groups is 1. The van der Waals surface area contributed by atoms with Crippen LogP contribution in [0.5, 0.6) is 5.75 Å². The molecule has 0 bridgehead atoms. The van der Waals surface area contributed by atoms with Crippen LogP contribution in [0.1, 0.15) is 11.4 Å². The largest absolute Gasteiger partial charge is 0.506 e.